The Hall–Kier alpha value is -1.13. The van der Waals surface area contributed by atoms with E-state index in [0.29, 0.717) is 25.9 Å². The average molecular weight is 622 g/mol. The smallest absolute Gasteiger partial charge is 0.252 e. The molecule has 4 fully saturated rings. The standard InChI is InChI=1S/C26H51N7O10/c27-10-4-26(40,5-10)25(39)33-15-3-14(30)17(22-13(29)2-1-12(41-22)7-32-6-11(28)8-34)20(37)23(15)43-24-21(38)18(31)19(36)16(9-35)42-24/h10-24,32,34-38,40H,1-9,27-31H2,(H,33,39). The van der Waals surface area contributed by atoms with E-state index in [0.717, 1.165) is 0 Å². The van der Waals surface area contributed by atoms with Crippen LogP contribution in [-0.4, -0.2) is 154 Å². The van der Waals surface area contributed by atoms with Crippen molar-refractivity contribution in [2.75, 3.05) is 26.3 Å². The van der Waals surface area contributed by atoms with Crippen molar-refractivity contribution < 1.29 is 49.6 Å². The van der Waals surface area contributed by atoms with Gasteiger partial charge in [-0.2, -0.15) is 0 Å². The summed E-state index contributed by atoms with van der Waals surface area (Å²) in [6, 6.07) is -4.14. The van der Waals surface area contributed by atoms with Gasteiger partial charge in [0.15, 0.2) is 6.29 Å². The molecule has 2 aliphatic heterocycles. The van der Waals surface area contributed by atoms with Gasteiger partial charge in [0.1, 0.15) is 30.0 Å². The Morgan fingerprint density at radius 1 is 1.00 bits per heavy atom. The molecule has 1 amide bonds. The first-order valence-electron chi connectivity index (χ1n) is 15.0. The van der Waals surface area contributed by atoms with Gasteiger partial charge in [-0.3, -0.25) is 4.79 Å². The molecule has 2 heterocycles. The number of nitrogens with one attached hydrogen (secondary N) is 2. The van der Waals surface area contributed by atoms with Crippen molar-refractivity contribution in [3.05, 3.63) is 0 Å². The Labute approximate surface area is 250 Å². The number of carbonyl (C=O) groups is 1. The summed E-state index contributed by atoms with van der Waals surface area (Å²) in [7, 11) is 0. The number of amides is 1. The van der Waals surface area contributed by atoms with Crippen LogP contribution < -0.4 is 39.3 Å². The van der Waals surface area contributed by atoms with Gasteiger partial charge in [0.05, 0.1) is 43.6 Å². The van der Waals surface area contributed by atoms with Crippen LogP contribution in [0.4, 0.5) is 0 Å². The molecule has 14 atom stereocenters. The van der Waals surface area contributed by atoms with Crippen molar-refractivity contribution in [1.29, 1.82) is 0 Å². The van der Waals surface area contributed by atoms with Crippen LogP contribution >= 0.6 is 0 Å². The maximum Gasteiger partial charge on any atom is 0.252 e. The molecule has 0 bridgehead atoms. The van der Waals surface area contributed by atoms with Crippen LogP contribution in [0.3, 0.4) is 0 Å². The highest BCUT2D eigenvalue weighted by atomic mass is 16.7. The van der Waals surface area contributed by atoms with E-state index >= 15 is 0 Å². The summed E-state index contributed by atoms with van der Waals surface area (Å²) in [6.07, 6.45) is -7.79. The molecule has 2 saturated carbocycles. The van der Waals surface area contributed by atoms with E-state index in [1.807, 2.05) is 0 Å². The lowest BCUT2D eigenvalue weighted by Gasteiger charge is -2.51. The van der Waals surface area contributed by atoms with Crippen LogP contribution in [0.1, 0.15) is 32.1 Å². The highest BCUT2D eigenvalue weighted by molar-refractivity contribution is 5.86. The lowest BCUT2D eigenvalue weighted by atomic mass is 9.71. The van der Waals surface area contributed by atoms with Gasteiger partial charge in [-0.15, -0.1) is 0 Å². The van der Waals surface area contributed by atoms with Gasteiger partial charge in [0.2, 0.25) is 0 Å². The normalized spacial score (nSPS) is 47.9. The number of rotatable bonds is 11. The van der Waals surface area contributed by atoms with Crippen LogP contribution in [0, 0.1) is 5.92 Å². The lowest BCUT2D eigenvalue weighted by molar-refractivity contribution is -0.306. The Morgan fingerprint density at radius 2 is 1.70 bits per heavy atom. The highest BCUT2D eigenvalue weighted by Crippen LogP contribution is 2.38. The fourth-order valence-electron chi connectivity index (χ4n) is 6.68. The predicted octanol–water partition coefficient (Wildman–Crippen LogP) is -7.03. The number of hydrogen-bond donors (Lipinski definition) is 13. The molecule has 17 nitrogen and oxygen atoms in total. The number of aliphatic hydroxyl groups excluding tert-OH is 5. The number of carbonyl (C=O) groups excluding carboxylic acids is 1. The summed E-state index contributed by atoms with van der Waals surface area (Å²) < 4.78 is 18.0. The molecule has 18 N–H and O–H groups in total. The van der Waals surface area contributed by atoms with E-state index in [2.05, 4.69) is 10.6 Å². The van der Waals surface area contributed by atoms with Crippen LogP contribution in [-0.2, 0) is 19.0 Å². The van der Waals surface area contributed by atoms with Gasteiger partial charge in [-0.05, 0) is 19.3 Å². The third kappa shape index (κ3) is 7.65. The molecule has 0 aromatic carbocycles. The molecule has 4 aliphatic rings. The monoisotopic (exact) mass is 621 g/mol. The summed E-state index contributed by atoms with van der Waals surface area (Å²) in [4.78, 5) is 13.1. The van der Waals surface area contributed by atoms with Gasteiger partial charge in [0, 0.05) is 56.0 Å². The molecule has 4 rings (SSSR count). The maximum absolute atomic E-state index is 13.1. The molecular formula is C26H51N7O10. The van der Waals surface area contributed by atoms with Crippen molar-refractivity contribution in [3.8, 4) is 0 Å². The minimum atomic E-state index is -1.68. The average Bonchev–Trinajstić information content (AvgIpc) is 2.95. The third-order valence-corrected chi connectivity index (χ3v) is 9.30. The van der Waals surface area contributed by atoms with E-state index in [9.17, 15) is 35.4 Å². The molecule has 2 aliphatic carbocycles. The first-order chi connectivity index (χ1) is 20.3. The second-order valence-corrected chi connectivity index (χ2v) is 12.7. The van der Waals surface area contributed by atoms with Gasteiger partial charge in [-0.25, -0.2) is 0 Å². The van der Waals surface area contributed by atoms with Crippen molar-refractivity contribution >= 4 is 5.91 Å². The van der Waals surface area contributed by atoms with E-state index in [-0.39, 0.29) is 38.0 Å². The van der Waals surface area contributed by atoms with E-state index in [1.54, 1.807) is 0 Å². The van der Waals surface area contributed by atoms with Gasteiger partial charge < -0.3 is 84.2 Å². The minimum absolute atomic E-state index is 0.0626. The zero-order valence-electron chi connectivity index (χ0n) is 24.2. The molecule has 0 aromatic heterocycles. The summed E-state index contributed by atoms with van der Waals surface area (Å²) >= 11 is 0. The Balaban J connectivity index is 1.54. The summed E-state index contributed by atoms with van der Waals surface area (Å²) in [5, 5.41) is 68.3. The van der Waals surface area contributed by atoms with Crippen molar-refractivity contribution in [3.63, 3.8) is 0 Å². The summed E-state index contributed by atoms with van der Waals surface area (Å²) in [5.74, 6) is -1.47. The maximum atomic E-state index is 13.1. The highest BCUT2D eigenvalue weighted by Gasteiger charge is 2.55. The molecule has 0 spiro atoms. The van der Waals surface area contributed by atoms with Crippen LogP contribution in [0.2, 0.25) is 0 Å². The molecular weight excluding hydrogens is 570 g/mol. The Bertz CT molecular complexity index is 918. The van der Waals surface area contributed by atoms with Gasteiger partial charge in [-0.1, -0.05) is 0 Å². The van der Waals surface area contributed by atoms with Gasteiger partial charge in [0.25, 0.3) is 5.91 Å². The van der Waals surface area contributed by atoms with Crippen molar-refractivity contribution in [2.24, 2.45) is 34.6 Å². The fourth-order valence-corrected chi connectivity index (χ4v) is 6.68. The quantitative estimate of drug-likeness (QED) is 0.102. The number of nitrogens with two attached hydrogens (primary N) is 5. The molecule has 17 heteroatoms. The fraction of sp³-hybridized carbons (Fsp3) is 0.962. The minimum Gasteiger partial charge on any atom is -0.395 e. The topological polar surface area (TPSA) is 320 Å². The Kier molecular flexibility index (Phi) is 11.7. The second-order valence-electron chi connectivity index (χ2n) is 12.7. The molecule has 2 saturated heterocycles. The van der Waals surface area contributed by atoms with E-state index < -0.39 is 97.2 Å². The van der Waals surface area contributed by atoms with Crippen molar-refractivity contribution in [1.82, 2.24) is 10.6 Å². The summed E-state index contributed by atoms with van der Waals surface area (Å²) in [6.45, 7) is 0.0293. The molecule has 0 aromatic rings. The number of aliphatic hydroxyl groups is 6. The molecule has 43 heavy (non-hydrogen) atoms. The number of hydrogen-bond acceptors (Lipinski definition) is 16. The van der Waals surface area contributed by atoms with Crippen LogP contribution in [0.5, 0.6) is 0 Å². The third-order valence-electron chi connectivity index (χ3n) is 9.30. The lowest BCUT2D eigenvalue weighted by Crippen LogP contribution is -2.70. The Morgan fingerprint density at radius 3 is 2.33 bits per heavy atom. The first kappa shape index (κ1) is 34.7. The van der Waals surface area contributed by atoms with E-state index in [1.165, 1.54) is 0 Å². The zero-order chi connectivity index (χ0) is 31.6. The van der Waals surface area contributed by atoms with Gasteiger partial charge >= 0.3 is 0 Å². The first-order valence-corrected chi connectivity index (χ1v) is 15.0. The predicted molar refractivity (Wildman–Crippen MR) is 151 cm³/mol. The summed E-state index contributed by atoms with van der Waals surface area (Å²) in [5.41, 5.74) is 28.9. The molecule has 0 radical (unpaired) electrons. The molecule has 250 valence electrons. The van der Waals surface area contributed by atoms with Crippen LogP contribution in [0.15, 0.2) is 0 Å². The largest absolute Gasteiger partial charge is 0.395 e. The zero-order valence-corrected chi connectivity index (χ0v) is 24.2. The van der Waals surface area contributed by atoms with Crippen molar-refractivity contribution in [2.45, 2.75) is 123 Å². The SMILES string of the molecule is NC(CO)CNCC1CCC(N)C(C2C(N)CC(NC(=O)C3(O)CC(N)C3)C(OC3OC(CO)C(O)C(N)C3O)C2O)O1. The van der Waals surface area contributed by atoms with E-state index in [4.69, 9.17) is 42.9 Å². The van der Waals surface area contributed by atoms with Crippen LogP contribution in [0.25, 0.3) is 0 Å². The second kappa shape index (κ2) is 14.5. The molecule has 14 unspecified atom stereocenters. The number of ether oxygens (including phenoxy) is 3.